The van der Waals surface area contributed by atoms with Gasteiger partial charge in [-0.25, -0.2) is 4.98 Å². The van der Waals surface area contributed by atoms with E-state index < -0.39 is 11.5 Å². The van der Waals surface area contributed by atoms with E-state index in [-0.39, 0.29) is 11.3 Å². The molecule has 7 heteroatoms. The van der Waals surface area contributed by atoms with E-state index in [0.29, 0.717) is 17.4 Å². The molecule has 3 N–H and O–H groups in total. The summed E-state index contributed by atoms with van der Waals surface area (Å²) >= 11 is 1.22. The van der Waals surface area contributed by atoms with Crippen LogP contribution in [-0.4, -0.2) is 38.9 Å². The molecular weight excluding hydrogens is 266 g/mol. The van der Waals surface area contributed by atoms with E-state index >= 15 is 0 Å². The van der Waals surface area contributed by atoms with Gasteiger partial charge in [-0.1, -0.05) is 18.7 Å². The van der Waals surface area contributed by atoms with E-state index in [1.807, 2.05) is 6.92 Å². The quantitative estimate of drug-likeness (QED) is 0.511. The number of rotatable bonds is 7. The first kappa shape index (κ1) is 15.7. The number of H-pyrrole nitrogens is 1. The van der Waals surface area contributed by atoms with Crippen LogP contribution in [0.1, 0.15) is 26.0 Å². The fraction of sp³-hybridized carbons (Fsp3) is 0.583. The highest BCUT2D eigenvalue weighted by Gasteiger charge is 2.32. The Hall–Kier alpha value is -1.34. The second-order valence-electron chi connectivity index (χ2n) is 4.54. The Bertz CT molecular complexity index is 503. The number of aromatic nitrogens is 2. The van der Waals surface area contributed by atoms with Gasteiger partial charge in [0.2, 0.25) is 0 Å². The van der Waals surface area contributed by atoms with Gasteiger partial charge in [0.25, 0.3) is 5.56 Å². The first-order chi connectivity index (χ1) is 8.87. The van der Waals surface area contributed by atoms with E-state index in [2.05, 4.69) is 15.3 Å². The van der Waals surface area contributed by atoms with Crippen molar-refractivity contribution < 1.29 is 9.90 Å². The average Bonchev–Trinajstić information content (AvgIpc) is 2.32. The van der Waals surface area contributed by atoms with Crippen LogP contribution in [0.15, 0.2) is 16.0 Å². The lowest BCUT2D eigenvalue weighted by atomic mass is 10.1. The highest BCUT2D eigenvalue weighted by atomic mass is 32.2. The SMILES string of the molecule is CCCNC(C)(CSc1nc(C)cc(=O)[nH]1)C(=O)O. The average molecular weight is 285 g/mol. The summed E-state index contributed by atoms with van der Waals surface area (Å²) in [5.74, 6) is -0.627. The van der Waals surface area contributed by atoms with Gasteiger partial charge in [0.05, 0.1) is 0 Å². The Balaban J connectivity index is 2.76. The molecule has 1 rings (SSSR count). The predicted octanol–water partition coefficient (Wildman–Crippen LogP) is 1.01. The molecule has 0 aromatic carbocycles. The number of nitrogens with one attached hydrogen (secondary N) is 2. The second-order valence-corrected chi connectivity index (χ2v) is 5.51. The molecule has 0 spiro atoms. The zero-order valence-electron chi connectivity index (χ0n) is 11.3. The van der Waals surface area contributed by atoms with E-state index in [9.17, 15) is 14.7 Å². The molecule has 1 unspecified atom stereocenters. The highest BCUT2D eigenvalue weighted by Crippen LogP contribution is 2.19. The minimum absolute atomic E-state index is 0.228. The molecule has 0 radical (unpaired) electrons. The number of aromatic amines is 1. The third kappa shape index (κ3) is 4.68. The van der Waals surface area contributed by atoms with Crippen molar-refractivity contribution in [2.75, 3.05) is 12.3 Å². The van der Waals surface area contributed by atoms with Crippen LogP contribution in [0.3, 0.4) is 0 Å². The molecule has 1 atom stereocenters. The molecule has 1 aromatic heterocycles. The molecule has 1 heterocycles. The van der Waals surface area contributed by atoms with Crippen molar-refractivity contribution >= 4 is 17.7 Å². The summed E-state index contributed by atoms with van der Waals surface area (Å²) in [5, 5.41) is 12.7. The number of aliphatic carboxylic acids is 1. The Morgan fingerprint density at radius 3 is 2.84 bits per heavy atom. The number of nitrogens with zero attached hydrogens (tertiary/aromatic N) is 1. The summed E-state index contributed by atoms with van der Waals surface area (Å²) in [4.78, 5) is 29.4. The number of hydrogen-bond acceptors (Lipinski definition) is 5. The Morgan fingerprint density at radius 1 is 1.63 bits per heavy atom. The molecule has 0 aliphatic heterocycles. The highest BCUT2D eigenvalue weighted by molar-refractivity contribution is 7.99. The Labute approximate surface area is 116 Å². The minimum Gasteiger partial charge on any atom is -0.480 e. The molecule has 19 heavy (non-hydrogen) atoms. The molecule has 6 nitrogen and oxygen atoms in total. The van der Waals surface area contributed by atoms with Crippen LogP contribution in [-0.2, 0) is 4.79 Å². The maximum Gasteiger partial charge on any atom is 0.324 e. The van der Waals surface area contributed by atoms with Crippen LogP contribution < -0.4 is 10.9 Å². The van der Waals surface area contributed by atoms with Gasteiger partial charge in [0.15, 0.2) is 5.16 Å². The molecule has 0 saturated heterocycles. The fourth-order valence-corrected chi connectivity index (χ4v) is 2.45. The van der Waals surface area contributed by atoms with Crippen molar-refractivity contribution in [2.45, 2.75) is 37.9 Å². The summed E-state index contributed by atoms with van der Waals surface area (Å²) in [6.45, 7) is 5.96. The van der Waals surface area contributed by atoms with Gasteiger partial charge in [0.1, 0.15) is 5.54 Å². The maximum atomic E-state index is 11.3. The number of carbonyl (C=O) groups is 1. The predicted molar refractivity (Wildman–Crippen MR) is 74.7 cm³/mol. The smallest absolute Gasteiger partial charge is 0.324 e. The van der Waals surface area contributed by atoms with Crippen molar-refractivity contribution in [1.82, 2.24) is 15.3 Å². The second kappa shape index (κ2) is 6.72. The van der Waals surface area contributed by atoms with E-state index in [1.54, 1.807) is 13.8 Å². The van der Waals surface area contributed by atoms with Gasteiger partial charge in [-0.2, -0.15) is 0 Å². The largest absolute Gasteiger partial charge is 0.480 e. The number of hydrogen-bond donors (Lipinski definition) is 3. The number of aryl methyl sites for hydroxylation is 1. The molecule has 0 bridgehead atoms. The van der Waals surface area contributed by atoms with Crippen LogP contribution >= 0.6 is 11.8 Å². The summed E-state index contributed by atoms with van der Waals surface area (Å²) < 4.78 is 0. The van der Waals surface area contributed by atoms with Crippen LogP contribution in [0.5, 0.6) is 0 Å². The maximum absolute atomic E-state index is 11.3. The van der Waals surface area contributed by atoms with Crippen molar-refractivity contribution in [3.05, 3.63) is 22.1 Å². The summed E-state index contributed by atoms with van der Waals surface area (Å²) in [6, 6.07) is 1.40. The van der Waals surface area contributed by atoms with E-state index in [1.165, 1.54) is 17.8 Å². The summed E-state index contributed by atoms with van der Waals surface area (Å²) in [7, 11) is 0. The number of carboxylic acids is 1. The van der Waals surface area contributed by atoms with Crippen LogP contribution in [0.25, 0.3) is 0 Å². The Kier molecular flexibility index (Phi) is 5.56. The topological polar surface area (TPSA) is 95.1 Å². The lowest BCUT2D eigenvalue weighted by Gasteiger charge is -2.25. The summed E-state index contributed by atoms with van der Waals surface area (Å²) in [5.41, 5.74) is -0.651. The van der Waals surface area contributed by atoms with Gasteiger partial charge in [-0.05, 0) is 26.8 Å². The third-order valence-corrected chi connectivity index (χ3v) is 3.77. The standard InChI is InChI=1S/C12H19N3O3S/c1-4-5-13-12(3,10(17)18)7-19-11-14-8(2)6-9(16)15-11/h6,13H,4-5,7H2,1-3H3,(H,17,18)(H,14,15,16). The summed E-state index contributed by atoms with van der Waals surface area (Å²) in [6.07, 6.45) is 0.854. The number of thioether (sulfide) groups is 1. The lowest BCUT2D eigenvalue weighted by molar-refractivity contribution is -0.143. The van der Waals surface area contributed by atoms with E-state index in [4.69, 9.17) is 0 Å². The van der Waals surface area contributed by atoms with Crippen LogP contribution in [0, 0.1) is 6.92 Å². The minimum atomic E-state index is -1.04. The van der Waals surface area contributed by atoms with Crippen molar-refractivity contribution in [2.24, 2.45) is 0 Å². The van der Waals surface area contributed by atoms with Crippen LogP contribution in [0.2, 0.25) is 0 Å². The van der Waals surface area contributed by atoms with Gasteiger partial charge in [-0.15, -0.1) is 0 Å². The number of carboxylic acid groups (broad SMARTS) is 1. The Morgan fingerprint density at radius 2 is 2.32 bits per heavy atom. The van der Waals surface area contributed by atoms with Gasteiger partial charge < -0.3 is 15.4 Å². The van der Waals surface area contributed by atoms with Crippen molar-refractivity contribution in [1.29, 1.82) is 0 Å². The van der Waals surface area contributed by atoms with Gasteiger partial charge in [-0.3, -0.25) is 9.59 Å². The molecular formula is C12H19N3O3S. The fourth-order valence-electron chi connectivity index (χ4n) is 1.42. The monoisotopic (exact) mass is 285 g/mol. The molecule has 0 fully saturated rings. The molecule has 0 aliphatic carbocycles. The van der Waals surface area contributed by atoms with Gasteiger partial charge in [0, 0.05) is 17.5 Å². The first-order valence-corrected chi connectivity index (χ1v) is 7.05. The third-order valence-electron chi connectivity index (χ3n) is 2.58. The molecule has 0 aliphatic rings. The van der Waals surface area contributed by atoms with Gasteiger partial charge >= 0.3 is 5.97 Å². The lowest BCUT2D eigenvalue weighted by Crippen LogP contribution is -2.52. The molecule has 0 saturated carbocycles. The van der Waals surface area contributed by atoms with Crippen molar-refractivity contribution in [3.63, 3.8) is 0 Å². The molecule has 0 amide bonds. The normalized spacial score (nSPS) is 14.1. The molecule has 1 aromatic rings. The molecule has 106 valence electrons. The zero-order chi connectivity index (χ0) is 14.5. The van der Waals surface area contributed by atoms with E-state index in [0.717, 1.165) is 6.42 Å². The zero-order valence-corrected chi connectivity index (χ0v) is 12.1. The van der Waals surface area contributed by atoms with Crippen molar-refractivity contribution in [3.8, 4) is 0 Å². The van der Waals surface area contributed by atoms with Crippen LogP contribution in [0.4, 0.5) is 0 Å². The first-order valence-electron chi connectivity index (χ1n) is 6.06.